The van der Waals surface area contributed by atoms with Crippen molar-refractivity contribution in [3.8, 4) is 0 Å². The number of allylic oxidation sites excluding steroid dienone is 2. The topological polar surface area (TPSA) is 12.4 Å². The molecule has 13 heavy (non-hydrogen) atoms. The summed E-state index contributed by atoms with van der Waals surface area (Å²) in [6.07, 6.45) is 0. The van der Waals surface area contributed by atoms with Gasteiger partial charge in [0.1, 0.15) is 0 Å². The first-order chi connectivity index (χ1) is 5.86. The zero-order valence-electron chi connectivity index (χ0n) is 10.1. The number of rotatable bonds is 3. The molecule has 0 fully saturated rings. The Bertz CT molecular complexity index is 219. The minimum absolute atomic E-state index is 0.398. The third-order valence-electron chi connectivity index (χ3n) is 2.45. The van der Waals surface area contributed by atoms with Crippen molar-refractivity contribution < 1.29 is 0 Å². The minimum Gasteiger partial charge on any atom is -0.287 e. The van der Waals surface area contributed by atoms with Crippen LogP contribution < -0.4 is 0 Å². The van der Waals surface area contributed by atoms with E-state index in [4.69, 9.17) is 0 Å². The van der Waals surface area contributed by atoms with Crippen LogP contribution in [0.4, 0.5) is 0 Å². The molecule has 1 nitrogen and oxygen atoms in total. The molecule has 0 N–H and O–H groups in total. The van der Waals surface area contributed by atoms with Gasteiger partial charge in [-0.3, -0.25) is 4.99 Å². The van der Waals surface area contributed by atoms with Gasteiger partial charge in [0.2, 0.25) is 0 Å². The summed E-state index contributed by atoms with van der Waals surface area (Å²) >= 11 is 0. The fourth-order valence-electron chi connectivity index (χ4n) is 1.20. The van der Waals surface area contributed by atoms with E-state index in [0.717, 1.165) is 0 Å². The Kier molecular flexibility index (Phi) is 4.97. The number of nitrogens with zero attached hydrogens (tertiary/aromatic N) is 1. The lowest BCUT2D eigenvalue weighted by Crippen LogP contribution is -2.04. The summed E-state index contributed by atoms with van der Waals surface area (Å²) < 4.78 is 0. The molecule has 1 heteroatoms. The van der Waals surface area contributed by atoms with Crippen LogP contribution in [0.2, 0.25) is 0 Å². The summed E-state index contributed by atoms with van der Waals surface area (Å²) in [5.74, 6) is 0.623. The molecule has 0 saturated heterocycles. The van der Waals surface area contributed by atoms with Gasteiger partial charge in [0.05, 0.1) is 0 Å². The van der Waals surface area contributed by atoms with Crippen LogP contribution in [-0.2, 0) is 0 Å². The molecule has 0 radical (unpaired) electrons. The quantitative estimate of drug-likeness (QED) is 0.586. The highest BCUT2D eigenvalue weighted by atomic mass is 14.8. The Hall–Kier alpha value is -0.590. The average molecular weight is 181 g/mol. The monoisotopic (exact) mass is 181 g/mol. The van der Waals surface area contributed by atoms with Crippen LogP contribution >= 0.6 is 0 Å². The lowest BCUT2D eigenvalue weighted by Gasteiger charge is -2.11. The zero-order valence-corrected chi connectivity index (χ0v) is 10.1. The molecule has 0 bridgehead atoms. The maximum absolute atomic E-state index is 4.54. The predicted molar refractivity (Wildman–Crippen MR) is 61.5 cm³/mol. The van der Waals surface area contributed by atoms with Crippen molar-refractivity contribution in [2.24, 2.45) is 10.9 Å². The highest BCUT2D eigenvalue weighted by Gasteiger charge is 2.04. The Balaban J connectivity index is 4.77. The lowest BCUT2D eigenvalue weighted by molar-refractivity contribution is 0.761. The summed E-state index contributed by atoms with van der Waals surface area (Å²) in [7, 11) is 0. The van der Waals surface area contributed by atoms with E-state index in [0.29, 0.717) is 12.0 Å². The van der Waals surface area contributed by atoms with Crippen molar-refractivity contribution in [3.63, 3.8) is 0 Å². The van der Waals surface area contributed by atoms with Gasteiger partial charge in [0.25, 0.3) is 0 Å². The normalized spacial score (nSPS) is 15.3. The summed E-state index contributed by atoms with van der Waals surface area (Å²) in [5, 5.41) is 0. The molecule has 0 unspecified atom stereocenters. The first-order valence-corrected chi connectivity index (χ1v) is 5.08. The van der Waals surface area contributed by atoms with E-state index in [1.54, 1.807) is 0 Å². The third kappa shape index (κ3) is 4.25. The van der Waals surface area contributed by atoms with E-state index in [9.17, 15) is 0 Å². The van der Waals surface area contributed by atoms with Gasteiger partial charge < -0.3 is 0 Å². The van der Waals surface area contributed by atoms with Gasteiger partial charge in [-0.2, -0.15) is 0 Å². The fraction of sp³-hybridized carbons (Fsp3) is 0.750. The molecule has 0 spiro atoms. The van der Waals surface area contributed by atoms with E-state index in [-0.39, 0.29) is 0 Å². The maximum atomic E-state index is 4.54. The Morgan fingerprint density at radius 1 is 0.923 bits per heavy atom. The summed E-state index contributed by atoms with van der Waals surface area (Å²) in [6, 6.07) is 0.398. The highest BCUT2D eigenvalue weighted by molar-refractivity contribution is 5.98. The number of hydrogen-bond acceptors (Lipinski definition) is 1. The number of aliphatic imine (C=N–C) groups is 1. The molecule has 0 saturated carbocycles. The van der Waals surface area contributed by atoms with Crippen molar-refractivity contribution in [2.75, 3.05) is 0 Å². The molecule has 0 aliphatic heterocycles. The van der Waals surface area contributed by atoms with Crippen LogP contribution in [0.5, 0.6) is 0 Å². The second-order valence-electron chi connectivity index (χ2n) is 4.27. The Morgan fingerprint density at radius 2 is 1.38 bits per heavy atom. The van der Waals surface area contributed by atoms with Crippen molar-refractivity contribution in [2.45, 2.75) is 54.5 Å². The minimum atomic E-state index is 0.398. The average Bonchev–Trinajstić information content (AvgIpc) is 2.00. The van der Waals surface area contributed by atoms with Crippen LogP contribution in [-0.4, -0.2) is 11.8 Å². The van der Waals surface area contributed by atoms with E-state index in [2.05, 4.69) is 53.5 Å². The summed E-state index contributed by atoms with van der Waals surface area (Å²) in [5.41, 5.74) is 3.98. The molecule has 0 aromatic carbocycles. The van der Waals surface area contributed by atoms with Gasteiger partial charge in [0, 0.05) is 11.8 Å². The van der Waals surface area contributed by atoms with Crippen molar-refractivity contribution in [1.29, 1.82) is 0 Å². The van der Waals surface area contributed by atoms with E-state index >= 15 is 0 Å². The maximum Gasteiger partial charge on any atom is 0.0446 e. The largest absolute Gasteiger partial charge is 0.287 e. The molecule has 0 rings (SSSR count). The molecular weight excluding hydrogens is 158 g/mol. The molecule has 0 heterocycles. The van der Waals surface area contributed by atoms with Crippen LogP contribution in [0.15, 0.2) is 16.1 Å². The van der Waals surface area contributed by atoms with E-state index in [1.807, 2.05) is 0 Å². The van der Waals surface area contributed by atoms with Gasteiger partial charge in [-0.15, -0.1) is 0 Å². The highest BCUT2D eigenvalue weighted by Crippen LogP contribution is 2.15. The first kappa shape index (κ1) is 12.4. The smallest absolute Gasteiger partial charge is 0.0446 e. The van der Waals surface area contributed by atoms with E-state index in [1.165, 1.54) is 16.9 Å². The van der Waals surface area contributed by atoms with Gasteiger partial charge >= 0.3 is 0 Å². The van der Waals surface area contributed by atoms with Crippen molar-refractivity contribution >= 4 is 5.71 Å². The lowest BCUT2D eigenvalue weighted by atomic mass is 9.97. The predicted octanol–water partition coefficient (Wildman–Crippen LogP) is 3.85. The second kappa shape index (κ2) is 5.21. The molecule has 0 atom stereocenters. The molecule has 0 aromatic heterocycles. The summed E-state index contributed by atoms with van der Waals surface area (Å²) in [6.45, 7) is 15.1. The summed E-state index contributed by atoms with van der Waals surface area (Å²) in [4.78, 5) is 4.54. The molecule has 0 aliphatic rings. The second-order valence-corrected chi connectivity index (χ2v) is 4.27. The first-order valence-electron chi connectivity index (χ1n) is 5.08. The van der Waals surface area contributed by atoms with Crippen LogP contribution in [0.3, 0.4) is 0 Å². The van der Waals surface area contributed by atoms with E-state index < -0.39 is 0 Å². The molecule has 0 aliphatic carbocycles. The van der Waals surface area contributed by atoms with Crippen LogP contribution in [0, 0.1) is 5.92 Å². The van der Waals surface area contributed by atoms with Crippen molar-refractivity contribution in [3.05, 3.63) is 11.1 Å². The van der Waals surface area contributed by atoms with Gasteiger partial charge in [-0.1, -0.05) is 19.4 Å². The van der Waals surface area contributed by atoms with Gasteiger partial charge in [-0.25, -0.2) is 0 Å². The van der Waals surface area contributed by atoms with Gasteiger partial charge in [0.15, 0.2) is 0 Å². The van der Waals surface area contributed by atoms with Crippen LogP contribution in [0.1, 0.15) is 48.5 Å². The standard InChI is InChI=1S/C12H23N/c1-8(2)10(5)11(6)12(7)13-9(3)4/h8-9H,1-7H3/b11-10-,13-12?. The SMILES string of the molecule is CC(=NC(C)C)/C(C)=C(/C)C(C)C. The number of hydrogen-bond donors (Lipinski definition) is 0. The molecule has 76 valence electrons. The zero-order chi connectivity index (χ0) is 10.6. The molecule has 0 amide bonds. The van der Waals surface area contributed by atoms with Crippen molar-refractivity contribution in [1.82, 2.24) is 0 Å². The molecule has 0 aromatic rings. The molecular formula is C12H23N. The fourth-order valence-corrected chi connectivity index (χ4v) is 1.20. The Labute approximate surface area is 83.0 Å². The Morgan fingerprint density at radius 3 is 1.69 bits per heavy atom. The third-order valence-corrected chi connectivity index (χ3v) is 2.45. The van der Waals surface area contributed by atoms with Gasteiger partial charge in [-0.05, 0) is 46.1 Å². The van der Waals surface area contributed by atoms with Crippen LogP contribution in [0.25, 0.3) is 0 Å².